The molecule has 0 bridgehead atoms. The minimum Gasteiger partial charge on any atom is -0.490 e. The third-order valence-electron chi connectivity index (χ3n) is 2.70. The average Bonchev–Trinajstić information content (AvgIpc) is 2.24. The Labute approximate surface area is 113 Å². The molecule has 0 aliphatic carbocycles. The van der Waals surface area contributed by atoms with Gasteiger partial charge in [-0.3, -0.25) is 0 Å². The van der Waals surface area contributed by atoms with Gasteiger partial charge in [-0.15, -0.1) is 0 Å². The monoisotopic (exact) mass is 299 g/mol. The van der Waals surface area contributed by atoms with Crippen LogP contribution in [0.25, 0.3) is 0 Å². The molecule has 2 nitrogen and oxygen atoms in total. The van der Waals surface area contributed by atoms with Crippen molar-refractivity contribution in [3.8, 4) is 5.75 Å². The number of hydrogen-bond donors (Lipinski definition) is 1. The molecule has 0 saturated heterocycles. The van der Waals surface area contributed by atoms with Gasteiger partial charge in [-0.2, -0.15) is 0 Å². The zero-order valence-corrected chi connectivity index (χ0v) is 12.7. The van der Waals surface area contributed by atoms with Crippen molar-refractivity contribution in [1.82, 2.24) is 5.32 Å². The van der Waals surface area contributed by atoms with E-state index in [0.29, 0.717) is 0 Å². The van der Waals surface area contributed by atoms with Gasteiger partial charge >= 0.3 is 0 Å². The van der Waals surface area contributed by atoms with Gasteiger partial charge < -0.3 is 10.1 Å². The molecule has 1 unspecified atom stereocenters. The van der Waals surface area contributed by atoms with Crippen molar-refractivity contribution in [1.29, 1.82) is 0 Å². The first kappa shape index (κ1) is 14.5. The lowest BCUT2D eigenvalue weighted by molar-refractivity contribution is 0.206. The fourth-order valence-electron chi connectivity index (χ4n) is 1.96. The summed E-state index contributed by atoms with van der Waals surface area (Å²) in [5.74, 6) is 1.03. The SMILES string of the molecule is CCCC(C)Oc1c(C)cc(Br)cc1CNC. The van der Waals surface area contributed by atoms with Crippen LogP contribution in [-0.4, -0.2) is 13.2 Å². The Morgan fingerprint density at radius 1 is 1.41 bits per heavy atom. The van der Waals surface area contributed by atoms with Gasteiger partial charge in [0.15, 0.2) is 0 Å². The van der Waals surface area contributed by atoms with Crippen molar-refractivity contribution in [3.05, 3.63) is 27.7 Å². The minimum absolute atomic E-state index is 0.274. The summed E-state index contributed by atoms with van der Waals surface area (Å²) in [7, 11) is 1.95. The number of nitrogens with one attached hydrogen (secondary N) is 1. The van der Waals surface area contributed by atoms with Gasteiger partial charge in [-0.25, -0.2) is 0 Å². The maximum Gasteiger partial charge on any atom is 0.127 e. The Morgan fingerprint density at radius 2 is 2.12 bits per heavy atom. The standard InChI is InChI=1S/C14H22BrNO/c1-5-6-11(3)17-14-10(2)7-13(15)8-12(14)9-16-4/h7-8,11,16H,5-6,9H2,1-4H3. The van der Waals surface area contributed by atoms with Crippen LogP contribution in [0.5, 0.6) is 5.75 Å². The molecule has 96 valence electrons. The lowest BCUT2D eigenvalue weighted by atomic mass is 10.1. The van der Waals surface area contributed by atoms with Crippen LogP contribution in [-0.2, 0) is 6.54 Å². The first-order valence-electron chi connectivity index (χ1n) is 6.18. The van der Waals surface area contributed by atoms with Crippen LogP contribution < -0.4 is 10.1 Å². The highest BCUT2D eigenvalue weighted by atomic mass is 79.9. The van der Waals surface area contributed by atoms with E-state index in [4.69, 9.17) is 4.74 Å². The van der Waals surface area contributed by atoms with E-state index in [1.54, 1.807) is 0 Å². The van der Waals surface area contributed by atoms with Gasteiger partial charge in [-0.1, -0.05) is 29.3 Å². The molecule has 1 aromatic carbocycles. The molecule has 0 aromatic heterocycles. The van der Waals surface area contributed by atoms with Gasteiger partial charge in [-0.05, 0) is 45.0 Å². The zero-order chi connectivity index (χ0) is 12.8. The number of rotatable bonds is 6. The van der Waals surface area contributed by atoms with Crippen molar-refractivity contribution in [2.45, 2.75) is 46.3 Å². The maximum atomic E-state index is 6.06. The van der Waals surface area contributed by atoms with E-state index in [-0.39, 0.29) is 6.10 Å². The summed E-state index contributed by atoms with van der Waals surface area (Å²) >= 11 is 3.53. The molecule has 0 heterocycles. The quantitative estimate of drug-likeness (QED) is 0.856. The van der Waals surface area contributed by atoms with Crippen molar-refractivity contribution >= 4 is 15.9 Å². The fraction of sp³-hybridized carbons (Fsp3) is 0.571. The molecule has 3 heteroatoms. The molecule has 0 amide bonds. The van der Waals surface area contributed by atoms with Crippen molar-refractivity contribution in [3.63, 3.8) is 0 Å². The van der Waals surface area contributed by atoms with Gasteiger partial charge in [0.05, 0.1) is 6.10 Å². The number of aryl methyl sites for hydroxylation is 1. The predicted molar refractivity (Wildman–Crippen MR) is 76.6 cm³/mol. The van der Waals surface area contributed by atoms with Gasteiger partial charge in [0, 0.05) is 16.6 Å². The topological polar surface area (TPSA) is 21.3 Å². The Balaban J connectivity index is 2.95. The molecule has 0 aliphatic rings. The summed E-state index contributed by atoms with van der Waals surface area (Å²) < 4.78 is 7.17. The zero-order valence-electron chi connectivity index (χ0n) is 11.1. The van der Waals surface area contributed by atoms with E-state index < -0.39 is 0 Å². The van der Waals surface area contributed by atoms with Crippen molar-refractivity contribution in [2.75, 3.05) is 7.05 Å². The molecule has 1 N–H and O–H groups in total. The first-order valence-corrected chi connectivity index (χ1v) is 6.98. The second-order valence-electron chi connectivity index (χ2n) is 4.46. The lowest BCUT2D eigenvalue weighted by Crippen LogP contribution is -2.15. The highest BCUT2D eigenvalue weighted by molar-refractivity contribution is 9.10. The van der Waals surface area contributed by atoms with Crippen LogP contribution in [0.1, 0.15) is 37.8 Å². The van der Waals surface area contributed by atoms with Crippen LogP contribution >= 0.6 is 15.9 Å². The van der Waals surface area contributed by atoms with Gasteiger partial charge in [0.25, 0.3) is 0 Å². The van der Waals surface area contributed by atoms with Gasteiger partial charge in [0.1, 0.15) is 5.75 Å². The largest absolute Gasteiger partial charge is 0.490 e. The Kier molecular flexibility index (Phi) is 6.00. The van der Waals surface area contributed by atoms with E-state index in [1.165, 1.54) is 11.1 Å². The normalized spacial score (nSPS) is 12.5. The molecule has 1 rings (SSSR count). The Bertz CT molecular complexity index is 365. The van der Waals surface area contributed by atoms with Crippen LogP contribution in [0, 0.1) is 6.92 Å². The van der Waals surface area contributed by atoms with E-state index in [1.807, 2.05) is 7.05 Å². The van der Waals surface area contributed by atoms with E-state index in [2.05, 4.69) is 54.2 Å². The number of benzene rings is 1. The number of halogens is 1. The summed E-state index contributed by atoms with van der Waals surface area (Å²) in [6.07, 6.45) is 2.52. The number of ether oxygens (including phenoxy) is 1. The van der Waals surface area contributed by atoms with Crippen LogP contribution in [0.3, 0.4) is 0 Å². The van der Waals surface area contributed by atoms with E-state index in [0.717, 1.165) is 29.6 Å². The van der Waals surface area contributed by atoms with Crippen molar-refractivity contribution < 1.29 is 4.74 Å². The molecular formula is C14H22BrNO. The van der Waals surface area contributed by atoms with Crippen molar-refractivity contribution in [2.24, 2.45) is 0 Å². The Hall–Kier alpha value is -0.540. The molecular weight excluding hydrogens is 278 g/mol. The van der Waals surface area contributed by atoms with E-state index in [9.17, 15) is 0 Å². The molecule has 1 atom stereocenters. The summed E-state index contributed by atoms with van der Waals surface area (Å²) in [5, 5.41) is 3.18. The average molecular weight is 300 g/mol. The predicted octanol–water partition coefficient (Wildman–Crippen LogP) is 4.04. The van der Waals surface area contributed by atoms with Crippen LogP contribution in [0.4, 0.5) is 0 Å². The molecule has 0 aliphatic heterocycles. The van der Waals surface area contributed by atoms with E-state index >= 15 is 0 Å². The molecule has 0 saturated carbocycles. The highest BCUT2D eigenvalue weighted by Gasteiger charge is 2.11. The fourth-order valence-corrected chi connectivity index (χ4v) is 2.58. The molecule has 1 aromatic rings. The Morgan fingerprint density at radius 3 is 2.71 bits per heavy atom. The molecule has 17 heavy (non-hydrogen) atoms. The number of hydrogen-bond acceptors (Lipinski definition) is 2. The smallest absolute Gasteiger partial charge is 0.127 e. The highest BCUT2D eigenvalue weighted by Crippen LogP contribution is 2.29. The second kappa shape index (κ2) is 7.02. The maximum absolute atomic E-state index is 6.06. The lowest BCUT2D eigenvalue weighted by Gasteiger charge is -2.19. The minimum atomic E-state index is 0.274. The first-order chi connectivity index (χ1) is 8.08. The second-order valence-corrected chi connectivity index (χ2v) is 5.37. The third-order valence-corrected chi connectivity index (χ3v) is 3.16. The summed E-state index contributed by atoms with van der Waals surface area (Å²) in [5.41, 5.74) is 2.40. The summed E-state index contributed by atoms with van der Waals surface area (Å²) in [6, 6.07) is 4.23. The molecule has 0 radical (unpaired) electrons. The summed E-state index contributed by atoms with van der Waals surface area (Å²) in [6.45, 7) is 7.24. The third kappa shape index (κ3) is 4.32. The van der Waals surface area contributed by atoms with Crippen LogP contribution in [0.15, 0.2) is 16.6 Å². The summed E-state index contributed by atoms with van der Waals surface area (Å²) in [4.78, 5) is 0. The van der Waals surface area contributed by atoms with Crippen LogP contribution in [0.2, 0.25) is 0 Å². The molecule has 0 spiro atoms. The molecule has 0 fully saturated rings. The van der Waals surface area contributed by atoms with Gasteiger partial charge in [0.2, 0.25) is 0 Å².